The summed E-state index contributed by atoms with van der Waals surface area (Å²) in [6, 6.07) is 0. The predicted octanol–water partition coefficient (Wildman–Crippen LogP) is 1.44. The average Bonchev–Trinajstić information content (AvgIpc) is 2.05. The van der Waals surface area contributed by atoms with Crippen LogP contribution in [0.2, 0.25) is 0 Å². The van der Waals surface area contributed by atoms with Gasteiger partial charge in [0, 0.05) is 19.3 Å². The molecule has 12 heavy (non-hydrogen) atoms. The van der Waals surface area contributed by atoms with Gasteiger partial charge in [0.05, 0.1) is 0 Å². The van der Waals surface area contributed by atoms with Gasteiger partial charge in [0.2, 0.25) is 0 Å². The van der Waals surface area contributed by atoms with E-state index in [0.717, 1.165) is 32.5 Å². The third-order valence-electron chi connectivity index (χ3n) is 1.98. The van der Waals surface area contributed by atoms with Crippen molar-refractivity contribution in [1.82, 2.24) is 0 Å². The highest BCUT2D eigenvalue weighted by Crippen LogP contribution is 2.17. The summed E-state index contributed by atoms with van der Waals surface area (Å²) < 4.78 is 5.26. The van der Waals surface area contributed by atoms with Gasteiger partial charge in [-0.15, -0.1) is 0 Å². The van der Waals surface area contributed by atoms with Crippen LogP contribution in [-0.4, -0.2) is 24.3 Å². The zero-order chi connectivity index (χ0) is 8.81. The van der Waals surface area contributed by atoms with Gasteiger partial charge in [-0.1, -0.05) is 6.08 Å². The topological polar surface area (TPSA) is 46.5 Å². The Bertz CT molecular complexity index is 169. The van der Waals surface area contributed by atoms with Crippen LogP contribution in [-0.2, 0) is 9.53 Å². The second-order valence-corrected chi connectivity index (χ2v) is 3.06. The van der Waals surface area contributed by atoms with Gasteiger partial charge in [-0.3, -0.25) is 0 Å². The molecule has 0 bridgehead atoms. The van der Waals surface area contributed by atoms with Crippen molar-refractivity contribution in [1.29, 1.82) is 0 Å². The third-order valence-corrected chi connectivity index (χ3v) is 1.98. The van der Waals surface area contributed by atoms with Crippen molar-refractivity contribution in [2.75, 3.05) is 13.2 Å². The van der Waals surface area contributed by atoms with E-state index in [1.807, 2.05) is 0 Å². The fourth-order valence-corrected chi connectivity index (χ4v) is 1.35. The molecule has 0 aromatic carbocycles. The summed E-state index contributed by atoms with van der Waals surface area (Å²) >= 11 is 0. The van der Waals surface area contributed by atoms with Gasteiger partial charge < -0.3 is 9.84 Å². The summed E-state index contributed by atoms with van der Waals surface area (Å²) in [7, 11) is 0. The molecule has 3 nitrogen and oxygen atoms in total. The Morgan fingerprint density at radius 1 is 1.67 bits per heavy atom. The van der Waals surface area contributed by atoms with E-state index in [4.69, 9.17) is 9.84 Å². The van der Waals surface area contributed by atoms with Crippen LogP contribution in [0.1, 0.15) is 19.3 Å². The minimum absolute atomic E-state index is 0.523. The SMILES string of the molecule is O=C(O)/C=C\CC1CCCOC1. The molecule has 1 aliphatic heterocycles. The first kappa shape index (κ1) is 9.26. The molecular formula is C9H14O3. The first-order chi connectivity index (χ1) is 5.79. The second kappa shape index (κ2) is 4.93. The fraction of sp³-hybridized carbons (Fsp3) is 0.667. The smallest absolute Gasteiger partial charge is 0.327 e. The maximum atomic E-state index is 10.1. The van der Waals surface area contributed by atoms with Crippen LogP contribution in [0, 0.1) is 5.92 Å². The summed E-state index contributed by atoms with van der Waals surface area (Å²) in [6.07, 6.45) is 6.00. The number of ether oxygens (including phenoxy) is 1. The van der Waals surface area contributed by atoms with E-state index in [1.54, 1.807) is 6.08 Å². The van der Waals surface area contributed by atoms with Crippen LogP contribution in [0.4, 0.5) is 0 Å². The maximum Gasteiger partial charge on any atom is 0.327 e. The first-order valence-corrected chi connectivity index (χ1v) is 4.26. The van der Waals surface area contributed by atoms with Crippen molar-refractivity contribution in [3.8, 4) is 0 Å². The highest BCUT2D eigenvalue weighted by atomic mass is 16.5. The predicted molar refractivity (Wildman–Crippen MR) is 44.9 cm³/mol. The minimum atomic E-state index is -0.869. The molecule has 0 aromatic heterocycles. The van der Waals surface area contributed by atoms with Crippen molar-refractivity contribution in [2.45, 2.75) is 19.3 Å². The molecular weight excluding hydrogens is 156 g/mol. The molecule has 0 aliphatic carbocycles. The van der Waals surface area contributed by atoms with Gasteiger partial charge in [-0.2, -0.15) is 0 Å². The Hall–Kier alpha value is -0.830. The Morgan fingerprint density at radius 3 is 3.08 bits per heavy atom. The van der Waals surface area contributed by atoms with Crippen LogP contribution < -0.4 is 0 Å². The van der Waals surface area contributed by atoms with Crippen LogP contribution in [0.3, 0.4) is 0 Å². The Kier molecular flexibility index (Phi) is 3.80. The Balaban J connectivity index is 2.17. The van der Waals surface area contributed by atoms with Gasteiger partial charge >= 0.3 is 5.97 Å². The lowest BCUT2D eigenvalue weighted by molar-refractivity contribution is -0.131. The van der Waals surface area contributed by atoms with E-state index >= 15 is 0 Å². The molecule has 3 heteroatoms. The monoisotopic (exact) mass is 170 g/mol. The number of carbonyl (C=O) groups is 1. The number of carboxylic acid groups (broad SMARTS) is 1. The number of rotatable bonds is 3. The number of allylic oxidation sites excluding steroid dienone is 1. The number of hydrogen-bond donors (Lipinski definition) is 1. The highest BCUT2D eigenvalue weighted by Gasteiger charge is 2.11. The lowest BCUT2D eigenvalue weighted by Gasteiger charge is -2.20. The van der Waals surface area contributed by atoms with E-state index in [0.29, 0.717) is 5.92 Å². The maximum absolute atomic E-state index is 10.1. The fourth-order valence-electron chi connectivity index (χ4n) is 1.35. The largest absolute Gasteiger partial charge is 0.478 e. The van der Waals surface area contributed by atoms with Crippen LogP contribution in [0.15, 0.2) is 12.2 Å². The minimum Gasteiger partial charge on any atom is -0.478 e. The molecule has 1 atom stereocenters. The summed E-state index contributed by atoms with van der Waals surface area (Å²) in [5.41, 5.74) is 0. The molecule has 1 heterocycles. The molecule has 1 aliphatic rings. The van der Waals surface area contributed by atoms with Gasteiger partial charge in [0.1, 0.15) is 0 Å². The summed E-state index contributed by atoms with van der Waals surface area (Å²) in [6.45, 7) is 1.64. The third kappa shape index (κ3) is 3.53. The molecule has 1 saturated heterocycles. The molecule has 1 fully saturated rings. The van der Waals surface area contributed by atoms with Crippen LogP contribution in [0.5, 0.6) is 0 Å². The summed E-state index contributed by atoms with van der Waals surface area (Å²) in [5, 5.41) is 8.32. The van der Waals surface area contributed by atoms with Crippen molar-refractivity contribution in [3.63, 3.8) is 0 Å². The van der Waals surface area contributed by atoms with E-state index < -0.39 is 5.97 Å². The lowest BCUT2D eigenvalue weighted by Crippen LogP contribution is -2.16. The zero-order valence-corrected chi connectivity index (χ0v) is 7.03. The molecule has 68 valence electrons. The quantitative estimate of drug-likeness (QED) is 0.652. The van der Waals surface area contributed by atoms with Crippen molar-refractivity contribution in [3.05, 3.63) is 12.2 Å². The van der Waals surface area contributed by atoms with Gasteiger partial charge in [-0.25, -0.2) is 4.79 Å². The zero-order valence-electron chi connectivity index (χ0n) is 7.03. The molecule has 0 saturated carbocycles. The number of hydrogen-bond acceptors (Lipinski definition) is 2. The standard InChI is InChI=1S/C9H14O3/c10-9(11)5-1-3-8-4-2-6-12-7-8/h1,5,8H,2-4,6-7H2,(H,10,11)/b5-1-. The number of carboxylic acids is 1. The molecule has 1 rings (SSSR count). The second-order valence-electron chi connectivity index (χ2n) is 3.06. The van der Waals surface area contributed by atoms with E-state index in [9.17, 15) is 4.79 Å². The first-order valence-electron chi connectivity index (χ1n) is 4.26. The normalized spacial score (nSPS) is 24.5. The van der Waals surface area contributed by atoms with E-state index in [-0.39, 0.29) is 0 Å². The highest BCUT2D eigenvalue weighted by molar-refractivity contribution is 5.79. The van der Waals surface area contributed by atoms with Gasteiger partial charge in [0.25, 0.3) is 0 Å². The summed E-state index contributed by atoms with van der Waals surface area (Å²) in [5.74, 6) is -0.346. The van der Waals surface area contributed by atoms with Crippen molar-refractivity contribution < 1.29 is 14.6 Å². The summed E-state index contributed by atoms with van der Waals surface area (Å²) in [4.78, 5) is 10.1. The van der Waals surface area contributed by atoms with Crippen molar-refractivity contribution in [2.24, 2.45) is 5.92 Å². The van der Waals surface area contributed by atoms with Crippen molar-refractivity contribution >= 4 is 5.97 Å². The lowest BCUT2D eigenvalue weighted by atomic mass is 9.98. The Labute approximate surface area is 72.0 Å². The molecule has 0 amide bonds. The van der Waals surface area contributed by atoms with Crippen LogP contribution in [0.25, 0.3) is 0 Å². The molecule has 1 unspecified atom stereocenters. The van der Waals surface area contributed by atoms with Gasteiger partial charge in [0.15, 0.2) is 0 Å². The molecule has 1 N–H and O–H groups in total. The van der Waals surface area contributed by atoms with Gasteiger partial charge in [-0.05, 0) is 25.2 Å². The van der Waals surface area contributed by atoms with E-state index in [2.05, 4.69) is 0 Å². The molecule has 0 radical (unpaired) electrons. The molecule has 0 spiro atoms. The average molecular weight is 170 g/mol. The molecule has 0 aromatic rings. The van der Waals surface area contributed by atoms with E-state index in [1.165, 1.54) is 6.08 Å². The number of aliphatic carboxylic acids is 1. The Morgan fingerprint density at radius 2 is 2.50 bits per heavy atom. The van der Waals surface area contributed by atoms with Crippen LogP contribution >= 0.6 is 0 Å².